The van der Waals surface area contributed by atoms with Crippen molar-refractivity contribution >= 4 is 12.1 Å². The van der Waals surface area contributed by atoms with Gasteiger partial charge in [0.05, 0.1) is 5.92 Å². The largest absolute Gasteiger partial charge is 0.272 e. The minimum Gasteiger partial charge on any atom is -0.272 e. The summed E-state index contributed by atoms with van der Waals surface area (Å²) in [4.78, 5) is 10.7. The first-order valence-corrected chi connectivity index (χ1v) is 2.53. The summed E-state index contributed by atoms with van der Waals surface area (Å²) in [5.41, 5.74) is 0. The van der Waals surface area contributed by atoms with E-state index < -0.39 is 0 Å². The van der Waals surface area contributed by atoms with Crippen LogP contribution in [0.15, 0.2) is 5.10 Å². The van der Waals surface area contributed by atoms with Gasteiger partial charge in [0.1, 0.15) is 0 Å². The van der Waals surface area contributed by atoms with Crippen LogP contribution in [0.2, 0.25) is 0 Å². The molecule has 3 heteroatoms. The third-order valence-electron chi connectivity index (χ3n) is 1.17. The van der Waals surface area contributed by atoms with Gasteiger partial charge in [0.25, 0.3) is 5.91 Å². The quantitative estimate of drug-likeness (QED) is 0.436. The summed E-state index contributed by atoms with van der Waals surface area (Å²) in [7, 11) is 1.66. The molecule has 1 atom stereocenters. The van der Waals surface area contributed by atoms with E-state index in [-0.39, 0.29) is 11.8 Å². The van der Waals surface area contributed by atoms with Gasteiger partial charge in [-0.05, 0) is 6.92 Å². The highest BCUT2D eigenvalue weighted by Gasteiger charge is 2.19. The molecule has 1 aliphatic rings. The number of hydrazone groups is 1. The van der Waals surface area contributed by atoms with Crippen LogP contribution < -0.4 is 0 Å². The minimum absolute atomic E-state index is 0.0139. The minimum atomic E-state index is -0.0139. The normalized spacial score (nSPS) is 27.5. The van der Waals surface area contributed by atoms with Crippen LogP contribution in [0.1, 0.15) is 6.92 Å². The van der Waals surface area contributed by atoms with E-state index in [1.54, 1.807) is 13.3 Å². The molecule has 0 bridgehead atoms. The van der Waals surface area contributed by atoms with Crippen LogP contribution in [0.4, 0.5) is 0 Å². The second-order valence-corrected chi connectivity index (χ2v) is 1.92. The average Bonchev–Trinajstić information content (AvgIpc) is 1.98. The Morgan fingerprint density at radius 3 is 2.62 bits per heavy atom. The first-order chi connectivity index (χ1) is 3.72. The molecule has 3 nitrogen and oxygen atoms in total. The van der Waals surface area contributed by atoms with Crippen LogP contribution in [0.3, 0.4) is 0 Å². The number of carbonyl (C=O) groups excluding carboxylic acids is 1. The fraction of sp³-hybridized carbons (Fsp3) is 0.600. The molecule has 0 N–H and O–H groups in total. The Bertz CT molecular complexity index is 127. The van der Waals surface area contributed by atoms with Crippen molar-refractivity contribution in [2.45, 2.75) is 6.92 Å². The van der Waals surface area contributed by atoms with Gasteiger partial charge in [0.15, 0.2) is 0 Å². The molecule has 1 heterocycles. The molecule has 0 aliphatic carbocycles. The zero-order chi connectivity index (χ0) is 6.15. The predicted molar refractivity (Wildman–Crippen MR) is 30.4 cm³/mol. The molecule has 0 saturated carbocycles. The van der Waals surface area contributed by atoms with Crippen LogP contribution in [0, 0.1) is 5.92 Å². The Hall–Kier alpha value is -0.860. The summed E-state index contributed by atoms with van der Waals surface area (Å²) in [5, 5.41) is 5.11. The summed E-state index contributed by atoms with van der Waals surface area (Å²) in [6.45, 7) is 1.83. The first kappa shape index (κ1) is 5.28. The van der Waals surface area contributed by atoms with E-state index >= 15 is 0 Å². The number of nitrogens with zero attached hydrogens (tertiary/aromatic N) is 2. The second kappa shape index (κ2) is 1.58. The summed E-state index contributed by atoms with van der Waals surface area (Å²) in [6, 6.07) is 0. The molecule has 0 fully saturated rings. The molecule has 44 valence electrons. The van der Waals surface area contributed by atoms with Gasteiger partial charge in [-0.1, -0.05) is 0 Å². The van der Waals surface area contributed by atoms with E-state index in [9.17, 15) is 4.79 Å². The summed E-state index contributed by atoms with van der Waals surface area (Å²) in [6.07, 6.45) is 1.64. The third-order valence-corrected chi connectivity index (χ3v) is 1.17. The molecular weight excluding hydrogens is 104 g/mol. The number of hydrogen-bond acceptors (Lipinski definition) is 2. The third kappa shape index (κ3) is 0.598. The van der Waals surface area contributed by atoms with E-state index in [4.69, 9.17) is 0 Å². The van der Waals surface area contributed by atoms with Gasteiger partial charge in [-0.15, -0.1) is 0 Å². The molecule has 1 aliphatic heterocycles. The Morgan fingerprint density at radius 1 is 1.88 bits per heavy atom. The second-order valence-electron chi connectivity index (χ2n) is 1.92. The highest BCUT2D eigenvalue weighted by molar-refractivity contribution is 5.96. The zero-order valence-electron chi connectivity index (χ0n) is 4.96. The molecule has 1 rings (SSSR count). The van der Waals surface area contributed by atoms with Gasteiger partial charge in [-0.3, -0.25) is 4.79 Å². The Kier molecular flexibility index (Phi) is 1.04. The topological polar surface area (TPSA) is 32.7 Å². The van der Waals surface area contributed by atoms with Crippen LogP contribution in [-0.4, -0.2) is 24.2 Å². The van der Waals surface area contributed by atoms with Gasteiger partial charge in [0.2, 0.25) is 0 Å². The maximum atomic E-state index is 10.7. The maximum Gasteiger partial charge on any atom is 0.250 e. The molecule has 1 amide bonds. The summed E-state index contributed by atoms with van der Waals surface area (Å²) < 4.78 is 0. The van der Waals surface area contributed by atoms with Gasteiger partial charge < -0.3 is 0 Å². The molecule has 8 heavy (non-hydrogen) atoms. The highest BCUT2D eigenvalue weighted by Crippen LogP contribution is 2.04. The smallest absolute Gasteiger partial charge is 0.250 e. The fourth-order valence-electron chi connectivity index (χ4n) is 0.615. The van der Waals surface area contributed by atoms with E-state index in [0.717, 1.165) is 0 Å². The molecule has 0 saturated heterocycles. The maximum absolute atomic E-state index is 10.7. The molecule has 0 radical (unpaired) electrons. The zero-order valence-corrected chi connectivity index (χ0v) is 4.96. The lowest BCUT2D eigenvalue weighted by molar-refractivity contribution is -0.130. The van der Waals surface area contributed by atoms with Crippen molar-refractivity contribution in [2.24, 2.45) is 11.0 Å². The first-order valence-electron chi connectivity index (χ1n) is 2.53. The highest BCUT2D eigenvalue weighted by atomic mass is 16.2. The van der Waals surface area contributed by atoms with Crippen molar-refractivity contribution in [2.75, 3.05) is 7.05 Å². The fourth-order valence-corrected chi connectivity index (χ4v) is 0.615. The predicted octanol–water partition coefficient (Wildman–Crippen LogP) is 0.0803. The van der Waals surface area contributed by atoms with E-state index in [1.165, 1.54) is 5.01 Å². The van der Waals surface area contributed by atoms with Crippen LogP contribution in [0.25, 0.3) is 0 Å². The van der Waals surface area contributed by atoms with Gasteiger partial charge >= 0.3 is 0 Å². The molecule has 0 spiro atoms. The summed E-state index contributed by atoms with van der Waals surface area (Å²) >= 11 is 0. The van der Waals surface area contributed by atoms with Gasteiger partial charge in [-0.2, -0.15) is 5.10 Å². The lowest BCUT2D eigenvalue weighted by atomic mass is 10.2. The summed E-state index contributed by atoms with van der Waals surface area (Å²) in [5.74, 6) is 0.0602. The van der Waals surface area contributed by atoms with Crippen molar-refractivity contribution in [3.05, 3.63) is 0 Å². The average molecular weight is 112 g/mol. The lowest BCUT2D eigenvalue weighted by Crippen LogP contribution is -2.20. The molecule has 0 aromatic rings. The van der Waals surface area contributed by atoms with Crippen LogP contribution in [-0.2, 0) is 4.79 Å². The van der Waals surface area contributed by atoms with E-state index in [2.05, 4.69) is 5.10 Å². The Morgan fingerprint density at radius 2 is 2.50 bits per heavy atom. The van der Waals surface area contributed by atoms with Gasteiger partial charge in [0, 0.05) is 13.3 Å². The molecular formula is C5H8N2O. The number of rotatable bonds is 0. The number of carbonyl (C=O) groups is 1. The van der Waals surface area contributed by atoms with Crippen molar-refractivity contribution in [1.29, 1.82) is 0 Å². The molecule has 0 unspecified atom stereocenters. The van der Waals surface area contributed by atoms with Crippen LogP contribution >= 0.6 is 0 Å². The number of hydrogen-bond donors (Lipinski definition) is 0. The SMILES string of the molecule is C[C@H]1C=NN(C)C1=O. The van der Waals surface area contributed by atoms with Crippen molar-refractivity contribution in [3.8, 4) is 0 Å². The lowest BCUT2D eigenvalue weighted by Gasteiger charge is -2.02. The Balaban J connectivity index is 2.70. The monoisotopic (exact) mass is 112 g/mol. The van der Waals surface area contributed by atoms with E-state index in [0.29, 0.717) is 0 Å². The van der Waals surface area contributed by atoms with Crippen molar-refractivity contribution in [3.63, 3.8) is 0 Å². The molecule has 0 aromatic carbocycles. The van der Waals surface area contributed by atoms with Crippen molar-refractivity contribution < 1.29 is 4.79 Å². The van der Waals surface area contributed by atoms with Gasteiger partial charge in [-0.25, -0.2) is 5.01 Å². The van der Waals surface area contributed by atoms with Crippen molar-refractivity contribution in [1.82, 2.24) is 5.01 Å². The molecule has 0 aromatic heterocycles. The Labute approximate surface area is 48.0 Å². The number of amides is 1. The van der Waals surface area contributed by atoms with Crippen LogP contribution in [0.5, 0.6) is 0 Å². The van der Waals surface area contributed by atoms with E-state index in [1.807, 2.05) is 6.92 Å². The standard InChI is InChI=1S/C5H8N2O/c1-4-3-6-7(2)5(4)8/h3-4H,1-2H3/t4-/m0/s1.